The number of esters is 1. The van der Waals surface area contributed by atoms with Crippen LogP contribution in [0.1, 0.15) is 65.6 Å². The summed E-state index contributed by atoms with van der Waals surface area (Å²) in [6.07, 6.45) is -0.813. The van der Waals surface area contributed by atoms with Crippen LogP contribution in [0.15, 0.2) is 48.5 Å². The minimum absolute atomic E-state index is 0.00652. The van der Waals surface area contributed by atoms with Crippen LogP contribution in [-0.2, 0) is 32.0 Å². The Bertz CT molecular complexity index is 1440. The Labute approximate surface area is 241 Å². The van der Waals surface area contributed by atoms with Gasteiger partial charge >= 0.3 is 18.0 Å². The maximum Gasteiger partial charge on any atom is 0.411 e. The molecule has 0 saturated carbocycles. The van der Waals surface area contributed by atoms with Gasteiger partial charge in [0, 0.05) is 12.5 Å². The molecule has 8 heteroatoms. The minimum atomic E-state index is -0.972. The molecule has 0 radical (unpaired) electrons. The fraction of sp³-hybridized carbons (Fsp3) is 0.364. The SMILES string of the molecule is Cc1c(CNCC(=O)OC(C)(C)C)c(C)c(NC(=O)OCC2c3ccccc3-c3ccccc32)c(C)c1CC(=O)O. The lowest BCUT2D eigenvalue weighted by molar-refractivity contribution is -0.153. The van der Waals surface area contributed by atoms with Crippen molar-refractivity contribution in [3.05, 3.63) is 87.5 Å². The molecule has 41 heavy (non-hydrogen) atoms. The molecule has 0 atom stereocenters. The molecule has 1 amide bonds. The third-order valence-electron chi connectivity index (χ3n) is 7.45. The summed E-state index contributed by atoms with van der Waals surface area (Å²) < 4.78 is 11.1. The Morgan fingerprint density at radius 3 is 1.98 bits per heavy atom. The number of carbonyl (C=O) groups is 3. The van der Waals surface area contributed by atoms with Gasteiger partial charge in [0.2, 0.25) is 0 Å². The van der Waals surface area contributed by atoms with Crippen molar-refractivity contribution >= 4 is 23.7 Å². The number of hydrogen-bond donors (Lipinski definition) is 3. The van der Waals surface area contributed by atoms with Crippen LogP contribution in [0.2, 0.25) is 0 Å². The quantitative estimate of drug-likeness (QED) is 0.275. The van der Waals surface area contributed by atoms with Gasteiger partial charge in [0.05, 0.1) is 18.7 Å². The van der Waals surface area contributed by atoms with Gasteiger partial charge in [-0.25, -0.2) is 4.79 Å². The highest BCUT2D eigenvalue weighted by atomic mass is 16.6. The van der Waals surface area contributed by atoms with E-state index in [0.717, 1.165) is 38.9 Å². The van der Waals surface area contributed by atoms with Crippen LogP contribution in [0.3, 0.4) is 0 Å². The zero-order valence-electron chi connectivity index (χ0n) is 24.5. The van der Waals surface area contributed by atoms with Gasteiger partial charge in [-0.3, -0.25) is 14.9 Å². The summed E-state index contributed by atoms with van der Waals surface area (Å²) in [6.45, 7) is 11.4. The molecule has 3 N–H and O–H groups in total. The molecule has 0 aromatic heterocycles. The first-order valence-electron chi connectivity index (χ1n) is 13.7. The maximum absolute atomic E-state index is 13.1. The first kappa shape index (κ1) is 29.8. The maximum atomic E-state index is 13.1. The second-order valence-electron chi connectivity index (χ2n) is 11.4. The summed E-state index contributed by atoms with van der Waals surface area (Å²) in [5.74, 6) is -1.44. The molecule has 0 saturated heterocycles. The van der Waals surface area contributed by atoms with Gasteiger partial charge in [0.25, 0.3) is 0 Å². The van der Waals surface area contributed by atoms with Gasteiger partial charge in [-0.05, 0) is 91.6 Å². The number of ether oxygens (including phenoxy) is 2. The van der Waals surface area contributed by atoms with Gasteiger partial charge in [0.15, 0.2) is 0 Å². The lowest BCUT2D eigenvalue weighted by Gasteiger charge is -2.23. The molecule has 0 heterocycles. The van der Waals surface area contributed by atoms with Crippen molar-refractivity contribution in [2.45, 2.75) is 66.0 Å². The molecule has 4 rings (SSSR count). The van der Waals surface area contributed by atoms with Crippen molar-refractivity contribution in [3.8, 4) is 11.1 Å². The van der Waals surface area contributed by atoms with Crippen molar-refractivity contribution < 1.29 is 29.0 Å². The number of fused-ring (bicyclic) bond motifs is 3. The largest absolute Gasteiger partial charge is 0.481 e. The molecule has 0 fully saturated rings. The van der Waals surface area contributed by atoms with Gasteiger partial charge in [-0.2, -0.15) is 0 Å². The van der Waals surface area contributed by atoms with E-state index in [2.05, 4.69) is 34.9 Å². The van der Waals surface area contributed by atoms with E-state index in [1.807, 2.05) is 38.1 Å². The van der Waals surface area contributed by atoms with Gasteiger partial charge < -0.3 is 19.9 Å². The molecule has 0 spiro atoms. The average molecular weight is 559 g/mol. The monoisotopic (exact) mass is 558 g/mol. The Hall–Kier alpha value is -4.17. The topological polar surface area (TPSA) is 114 Å². The molecule has 3 aromatic rings. The summed E-state index contributed by atoms with van der Waals surface area (Å²) >= 11 is 0. The highest BCUT2D eigenvalue weighted by molar-refractivity contribution is 5.89. The lowest BCUT2D eigenvalue weighted by Crippen LogP contribution is -2.31. The fourth-order valence-electron chi connectivity index (χ4n) is 5.60. The zero-order valence-corrected chi connectivity index (χ0v) is 24.5. The first-order valence-corrected chi connectivity index (χ1v) is 13.7. The smallest absolute Gasteiger partial charge is 0.411 e. The number of benzene rings is 3. The van der Waals surface area contributed by atoms with Crippen molar-refractivity contribution in [2.24, 2.45) is 0 Å². The van der Waals surface area contributed by atoms with Crippen LogP contribution >= 0.6 is 0 Å². The number of anilines is 1. The molecule has 0 bridgehead atoms. The molecule has 216 valence electrons. The highest BCUT2D eigenvalue weighted by Gasteiger charge is 2.29. The number of hydrogen-bond acceptors (Lipinski definition) is 6. The van der Waals surface area contributed by atoms with Crippen molar-refractivity contribution in [3.63, 3.8) is 0 Å². The van der Waals surface area contributed by atoms with Crippen LogP contribution in [0.25, 0.3) is 11.1 Å². The van der Waals surface area contributed by atoms with Crippen molar-refractivity contribution in [1.29, 1.82) is 0 Å². The van der Waals surface area contributed by atoms with Gasteiger partial charge in [0.1, 0.15) is 12.2 Å². The van der Waals surface area contributed by atoms with Crippen LogP contribution in [0.5, 0.6) is 0 Å². The third kappa shape index (κ3) is 6.77. The normalized spacial score (nSPS) is 12.4. The Kier molecular flexibility index (Phi) is 8.83. The number of carboxylic acids is 1. The number of carbonyl (C=O) groups excluding carboxylic acids is 2. The van der Waals surface area contributed by atoms with Crippen LogP contribution in [0, 0.1) is 20.8 Å². The number of amides is 1. The number of carboxylic acid groups (broad SMARTS) is 1. The number of nitrogens with one attached hydrogen (secondary N) is 2. The second kappa shape index (κ2) is 12.1. The summed E-state index contributed by atoms with van der Waals surface area (Å²) in [4.78, 5) is 37.0. The molecule has 0 aliphatic heterocycles. The number of aliphatic carboxylic acids is 1. The number of rotatable bonds is 9. The summed E-state index contributed by atoms with van der Waals surface area (Å²) in [5.41, 5.74) is 8.12. The molecule has 3 aromatic carbocycles. The second-order valence-corrected chi connectivity index (χ2v) is 11.4. The summed E-state index contributed by atoms with van der Waals surface area (Å²) in [7, 11) is 0. The van der Waals surface area contributed by atoms with E-state index in [4.69, 9.17) is 9.47 Å². The first-order chi connectivity index (χ1) is 19.4. The third-order valence-corrected chi connectivity index (χ3v) is 7.45. The van der Waals surface area contributed by atoms with Crippen molar-refractivity contribution in [1.82, 2.24) is 5.32 Å². The molecular weight excluding hydrogens is 520 g/mol. The van der Waals surface area contributed by atoms with Gasteiger partial charge in [-0.15, -0.1) is 0 Å². The zero-order chi connectivity index (χ0) is 29.9. The fourth-order valence-corrected chi connectivity index (χ4v) is 5.60. The van der Waals surface area contributed by atoms with Crippen LogP contribution in [-0.4, -0.2) is 41.9 Å². The lowest BCUT2D eigenvalue weighted by atomic mass is 9.89. The Morgan fingerprint density at radius 1 is 0.854 bits per heavy atom. The summed E-state index contributed by atoms with van der Waals surface area (Å²) in [5, 5.41) is 15.6. The molecule has 0 unspecified atom stereocenters. The Morgan fingerprint density at radius 2 is 1.41 bits per heavy atom. The van der Waals surface area contributed by atoms with Crippen molar-refractivity contribution in [2.75, 3.05) is 18.5 Å². The predicted octanol–water partition coefficient (Wildman–Crippen LogP) is 6.03. The van der Waals surface area contributed by atoms with E-state index in [1.54, 1.807) is 27.7 Å². The van der Waals surface area contributed by atoms with Crippen LogP contribution in [0.4, 0.5) is 10.5 Å². The van der Waals surface area contributed by atoms with E-state index in [9.17, 15) is 19.5 Å². The predicted molar refractivity (Wildman–Crippen MR) is 158 cm³/mol. The van der Waals surface area contributed by atoms with E-state index >= 15 is 0 Å². The van der Waals surface area contributed by atoms with E-state index < -0.39 is 17.7 Å². The Balaban J connectivity index is 1.53. The molecular formula is C33H38N2O6. The van der Waals surface area contributed by atoms with E-state index in [0.29, 0.717) is 23.4 Å². The van der Waals surface area contributed by atoms with Crippen LogP contribution < -0.4 is 10.6 Å². The highest BCUT2D eigenvalue weighted by Crippen LogP contribution is 2.44. The van der Waals surface area contributed by atoms with E-state index in [1.165, 1.54) is 0 Å². The average Bonchev–Trinajstić information content (AvgIpc) is 3.22. The molecule has 8 nitrogen and oxygen atoms in total. The minimum Gasteiger partial charge on any atom is -0.481 e. The summed E-state index contributed by atoms with van der Waals surface area (Å²) in [6, 6.07) is 16.3. The molecule has 1 aliphatic rings. The molecule has 1 aliphatic carbocycles. The van der Waals surface area contributed by atoms with E-state index in [-0.39, 0.29) is 31.5 Å². The standard InChI is InChI=1S/C33H38N2O6/c1-19-26(15-29(36)37)20(2)31(21(3)27(19)16-34-17-30(38)41-33(4,5)6)35-32(39)40-18-28-24-13-9-7-11-22(24)23-12-8-10-14-25(23)28/h7-14,28,34H,15-18H2,1-6H3,(H,35,39)(H,36,37). The van der Waals surface area contributed by atoms with Gasteiger partial charge in [-0.1, -0.05) is 48.5 Å².